The second-order valence-corrected chi connectivity index (χ2v) is 5.15. The maximum Gasteiger partial charge on any atom is 0.0940 e. The molecule has 0 amide bonds. The molecule has 2 rings (SSSR count). The Hall–Kier alpha value is -1.64. The Labute approximate surface area is 121 Å². The molecule has 0 saturated carbocycles. The smallest absolute Gasteiger partial charge is 0.0940 e. The molecule has 0 aromatic heterocycles. The Morgan fingerprint density at radius 3 is 2.20 bits per heavy atom. The number of aliphatic hydroxyl groups is 1. The van der Waals surface area contributed by atoms with Gasteiger partial charge in [0.05, 0.1) is 6.10 Å². The lowest BCUT2D eigenvalue weighted by molar-refractivity contribution is 0.135. The highest BCUT2D eigenvalue weighted by Crippen LogP contribution is 2.17. The number of hydrogen-bond donors (Lipinski definition) is 2. The van der Waals surface area contributed by atoms with Crippen molar-refractivity contribution in [3.8, 4) is 0 Å². The Balaban J connectivity index is 1.97. The van der Waals surface area contributed by atoms with Crippen LogP contribution in [0.1, 0.15) is 36.6 Å². The normalized spacial score (nSPS) is 13.9. The summed E-state index contributed by atoms with van der Waals surface area (Å²) in [5, 5.41) is 13.8. The van der Waals surface area contributed by atoms with Crippen LogP contribution in [0, 0.1) is 0 Å². The molecule has 2 N–H and O–H groups in total. The first-order valence-electron chi connectivity index (χ1n) is 7.25. The molecule has 0 aliphatic rings. The first-order chi connectivity index (χ1) is 9.72. The molecule has 106 valence electrons. The molecule has 2 aromatic carbocycles. The van der Waals surface area contributed by atoms with Gasteiger partial charge in [-0.2, -0.15) is 0 Å². The fourth-order valence-corrected chi connectivity index (χ4v) is 2.40. The van der Waals surface area contributed by atoms with Crippen LogP contribution in [0.25, 0.3) is 0 Å². The van der Waals surface area contributed by atoms with Crippen LogP contribution in [0.5, 0.6) is 0 Å². The molecule has 0 aliphatic carbocycles. The van der Waals surface area contributed by atoms with Gasteiger partial charge >= 0.3 is 0 Å². The minimum atomic E-state index is -0.481. The number of nitrogens with one attached hydrogen (secondary N) is 1. The molecule has 0 aliphatic heterocycles. The zero-order valence-electron chi connectivity index (χ0n) is 12.2. The zero-order valence-corrected chi connectivity index (χ0v) is 12.2. The highest BCUT2D eigenvalue weighted by atomic mass is 16.3. The number of aryl methyl sites for hydroxylation is 1. The number of rotatable bonds is 6. The van der Waals surface area contributed by atoms with Crippen LogP contribution in [-0.4, -0.2) is 11.1 Å². The summed E-state index contributed by atoms with van der Waals surface area (Å²) in [4.78, 5) is 0. The molecule has 2 heteroatoms. The van der Waals surface area contributed by atoms with Crippen molar-refractivity contribution in [1.82, 2.24) is 5.32 Å². The van der Waals surface area contributed by atoms with Gasteiger partial charge in [0, 0.05) is 12.6 Å². The van der Waals surface area contributed by atoms with E-state index in [0.29, 0.717) is 0 Å². The molecule has 20 heavy (non-hydrogen) atoms. The standard InChI is InChI=1S/C18H23NO/c1-3-15-9-7-8-12-17(15)13-19-14(2)18(20)16-10-5-4-6-11-16/h4-12,14,18-20H,3,13H2,1-2H3. The number of benzene rings is 2. The lowest BCUT2D eigenvalue weighted by Crippen LogP contribution is -2.32. The minimum Gasteiger partial charge on any atom is -0.387 e. The fraction of sp³-hybridized carbons (Fsp3) is 0.333. The van der Waals surface area contributed by atoms with Crippen LogP contribution >= 0.6 is 0 Å². The summed E-state index contributed by atoms with van der Waals surface area (Å²) in [7, 11) is 0. The van der Waals surface area contributed by atoms with Crippen molar-refractivity contribution in [2.75, 3.05) is 0 Å². The van der Waals surface area contributed by atoms with Crippen LogP contribution in [0.3, 0.4) is 0 Å². The maximum atomic E-state index is 10.3. The molecule has 0 fully saturated rings. The van der Waals surface area contributed by atoms with Gasteiger partial charge in [0.2, 0.25) is 0 Å². The van der Waals surface area contributed by atoms with Crippen molar-refractivity contribution in [3.63, 3.8) is 0 Å². The summed E-state index contributed by atoms with van der Waals surface area (Å²) in [5.74, 6) is 0. The van der Waals surface area contributed by atoms with Crippen LogP contribution in [0.15, 0.2) is 54.6 Å². The molecule has 0 radical (unpaired) electrons. The third kappa shape index (κ3) is 3.69. The first kappa shape index (κ1) is 14.8. The van der Waals surface area contributed by atoms with E-state index in [1.54, 1.807) is 0 Å². The second-order valence-electron chi connectivity index (χ2n) is 5.15. The summed E-state index contributed by atoms with van der Waals surface area (Å²) in [6.07, 6.45) is 0.554. The summed E-state index contributed by atoms with van der Waals surface area (Å²) in [5.41, 5.74) is 3.62. The van der Waals surface area contributed by atoms with E-state index in [0.717, 1.165) is 18.5 Å². The summed E-state index contributed by atoms with van der Waals surface area (Å²) < 4.78 is 0. The van der Waals surface area contributed by atoms with Crippen LogP contribution in [0.4, 0.5) is 0 Å². The van der Waals surface area contributed by atoms with Crippen LogP contribution in [-0.2, 0) is 13.0 Å². The predicted molar refractivity (Wildman–Crippen MR) is 83.5 cm³/mol. The van der Waals surface area contributed by atoms with Gasteiger partial charge in [-0.1, -0.05) is 61.5 Å². The van der Waals surface area contributed by atoms with Gasteiger partial charge in [-0.15, -0.1) is 0 Å². The van der Waals surface area contributed by atoms with E-state index in [2.05, 4.69) is 36.5 Å². The highest BCUT2D eigenvalue weighted by Gasteiger charge is 2.15. The molecule has 0 heterocycles. The summed E-state index contributed by atoms with van der Waals surface area (Å²) in [6, 6.07) is 18.3. The van der Waals surface area contributed by atoms with E-state index in [1.807, 2.05) is 37.3 Å². The molecular weight excluding hydrogens is 246 g/mol. The van der Waals surface area contributed by atoms with Crippen molar-refractivity contribution in [2.45, 2.75) is 39.0 Å². The Morgan fingerprint density at radius 2 is 1.55 bits per heavy atom. The van der Waals surface area contributed by atoms with Gasteiger partial charge < -0.3 is 10.4 Å². The van der Waals surface area contributed by atoms with Crippen molar-refractivity contribution in [1.29, 1.82) is 0 Å². The first-order valence-corrected chi connectivity index (χ1v) is 7.25. The van der Waals surface area contributed by atoms with Crippen LogP contribution < -0.4 is 5.32 Å². The fourth-order valence-electron chi connectivity index (χ4n) is 2.40. The van der Waals surface area contributed by atoms with Gasteiger partial charge in [-0.25, -0.2) is 0 Å². The van der Waals surface area contributed by atoms with E-state index in [1.165, 1.54) is 11.1 Å². The topological polar surface area (TPSA) is 32.3 Å². The van der Waals surface area contributed by atoms with Gasteiger partial charge in [0.1, 0.15) is 0 Å². The molecule has 0 bridgehead atoms. The minimum absolute atomic E-state index is 0.0160. The van der Waals surface area contributed by atoms with Gasteiger partial charge in [0.15, 0.2) is 0 Å². The summed E-state index contributed by atoms with van der Waals surface area (Å²) >= 11 is 0. The van der Waals surface area contributed by atoms with E-state index < -0.39 is 6.10 Å². The zero-order chi connectivity index (χ0) is 14.4. The molecule has 2 aromatic rings. The van der Waals surface area contributed by atoms with Crippen molar-refractivity contribution in [2.24, 2.45) is 0 Å². The Bertz CT molecular complexity index is 524. The largest absolute Gasteiger partial charge is 0.387 e. The van der Waals surface area contributed by atoms with Crippen molar-refractivity contribution >= 4 is 0 Å². The van der Waals surface area contributed by atoms with Crippen molar-refractivity contribution in [3.05, 3.63) is 71.3 Å². The monoisotopic (exact) mass is 269 g/mol. The molecule has 2 nitrogen and oxygen atoms in total. The molecule has 2 unspecified atom stereocenters. The Morgan fingerprint density at radius 1 is 0.950 bits per heavy atom. The number of hydrogen-bond acceptors (Lipinski definition) is 2. The Kier molecular flexibility index (Phi) is 5.33. The highest BCUT2D eigenvalue weighted by molar-refractivity contribution is 5.27. The van der Waals surface area contributed by atoms with Gasteiger partial charge in [0.25, 0.3) is 0 Å². The molecular formula is C18H23NO. The molecule has 0 spiro atoms. The van der Waals surface area contributed by atoms with Gasteiger partial charge in [-0.3, -0.25) is 0 Å². The quantitative estimate of drug-likeness (QED) is 0.841. The lowest BCUT2D eigenvalue weighted by Gasteiger charge is -2.21. The predicted octanol–water partition coefficient (Wildman–Crippen LogP) is 3.46. The third-order valence-electron chi connectivity index (χ3n) is 3.73. The average Bonchev–Trinajstić information content (AvgIpc) is 2.53. The van der Waals surface area contributed by atoms with E-state index in [4.69, 9.17) is 0 Å². The number of aliphatic hydroxyl groups excluding tert-OH is 1. The molecule has 2 atom stereocenters. The van der Waals surface area contributed by atoms with E-state index in [9.17, 15) is 5.11 Å². The second kappa shape index (κ2) is 7.22. The lowest BCUT2D eigenvalue weighted by atomic mass is 10.0. The van der Waals surface area contributed by atoms with Crippen LogP contribution in [0.2, 0.25) is 0 Å². The summed E-state index contributed by atoms with van der Waals surface area (Å²) in [6.45, 7) is 4.97. The molecule has 0 saturated heterocycles. The third-order valence-corrected chi connectivity index (χ3v) is 3.73. The van der Waals surface area contributed by atoms with Gasteiger partial charge in [-0.05, 0) is 30.0 Å². The van der Waals surface area contributed by atoms with E-state index >= 15 is 0 Å². The average molecular weight is 269 g/mol. The van der Waals surface area contributed by atoms with E-state index in [-0.39, 0.29) is 6.04 Å². The SMILES string of the molecule is CCc1ccccc1CNC(C)C(O)c1ccccc1. The maximum absolute atomic E-state index is 10.3. The van der Waals surface area contributed by atoms with Crippen molar-refractivity contribution < 1.29 is 5.11 Å².